The van der Waals surface area contributed by atoms with Crippen LogP contribution in [0.15, 0.2) is 0 Å². The Hall–Kier alpha value is -1.14. The van der Waals surface area contributed by atoms with Gasteiger partial charge in [-0.15, -0.1) is 0 Å². The molecular weight excluding hydrogens is 268 g/mol. The smallest absolute Gasteiger partial charge is 0.239 e. The molecule has 120 valence electrons. The van der Waals surface area contributed by atoms with Crippen LogP contribution in [0.4, 0.5) is 0 Å². The summed E-state index contributed by atoms with van der Waals surface area (Å²) in [5.41, 5.74) is 0. The number of carbonyl (C=O) groups is 2. The van der Waals surface area contributed by atoms with Crippen molar-refractivity contribution in [2.75, 3.05) is 59.9 Å². The van der Waals surface area contributed by atoms with Gasteiger partial charge in [0.05, 0.1) is 12.6 Å². The lowest BCUT2D eigenvalue weighted by Crippen LogP contribution is -2.55. The van der Waals surface area contributed by atoms with Gasteiger partial charge < -0.3 is 9.80 Å². The predicted molar refractivity (Wildman–Crippen MR) is 82.0 cm³/mol. The molecule has 0 saturated carbocycles. The van der Waals surface area contributed by atoms with Crippen molar-refractivity contribution >= 4 is 11.8 Å². The number of piperazine rings is 1. The summed E-state index contributed by atoms with van der Waals surface area (Å²) in [5, 5.41) is 0. The second kappa shape index (κ2) is 7.22. The van der Waals surface area contributed by atoms with Crippen molar-refractivity contribution < 1.29 is 9.59 Å². The van der Waals surface area contributed by atoms with Crippen LogP contribution in [0.1, 0.15) is 19.8 Å². The molecule has 0 radical (unpaired) electrons. The molecule has 0 aromatic rings. The predicted octanol–water partition coefficient (Wildman–Crippen LogP) is -0.297. The SMILES string of the molecule is C[C@H](C(=O)N(C)C)N1CCN(C(=O)CN2CCCC2)CC1. The number of hydrogen-bond donors (Lipinski definition) is 0. The fourth-order valence-electron chi connectivity index (χ4n) is 3.12. The first-order valence-electron chi connectivity index (χ1n) is 7.94. The summed E-state index contributed by atoms with van der Waals surface area (Å²) in [6.45, 7) is 7.66. The van der Waals surface area contributed by atoms with Crippen molar-refractivity contribution in [1.29, 1.82) is 0 Å². The highest BCUT2D eigenvalue weighted by atomic mass is 16.2. The molecule has 0 bridgehead atoms. The van der Waals surface area contributed by atoms with Gasteiger partial charge in [-0.1, -0.05) is 0 Å². The van der Waals surface area contributed by atoms with E-state index in [0.29, 0.717) is 6.54 Å². The van der Waals surface area contributed by atoms with Gasteiger partial charge >= 0.3 is 0 Å². The third-order valence-corrected chi connectivity index (χ3v) is 4.57. The molecule has 0 unspecified atom stereocenters. The lowest BCUT2D eigenvalue weighted by atomic mass is 10.2. The van der Waals surface area contributed by atoms with Gasteiger partial charge in [-0.05, 0) is 32.9 Å². The molecule has 6 heteroatoms. The van der Waals surface area contributed by atoms with E-state index in [1.165, 1.54) is 12.8 Å². The molecule has 6 nitrogen and oxygen atoms in total. The van der Waals surface area contributed by atoms with Gasteiger partial charge in [0.1, 0.15) is 0 Å². The second-order valence-electron chi connectivity index (χ2n) is 6.31. The van der Waals surface area contributed by atoms with Gasteiger partial charge in [0.15, 0.2) is 0 Å². The quantitative estimate of drug-likeness (QED) is 0.715. The highest BCUT2D eigenvalue weighted by molar-refractivity contribution is 5.81. The first-order chi connectivity index (χ1) is 9.99. The van der Waals surface area contributed by atoms with Crippen LogP contribution in [-0.2, 0) is 9.59 Å². The highest BCUT2D eigenvalue weighted by Crippen LogP contribution is 2.11. The third kappa shape index (κ3) is 4.17. The number of likely N-dealkylation sites (N-methyl/N-ethyl adjacent to an activating group) is 1. The van der Waals surface area contributed by atoms with Gasteiger partial charge in [-0.3, -0.25) is 19.4 Å². The molecule has 0 aromatic carbocycles. The van der Waals surface area contributed by atoms with E-state index in [0.717, 1.165) is 39.3 Å². The Kier molecular flexibility index (Phi) is 5.58. The van der Waals surface area contributed by atoms with Gasteiger partial charge in [0.25, 0.3) is 0 Å². The van der Waals surface area contributed by atoms with Crippen LogP contribution in [0.3, 0.4) is 0 Å². The number of carbonyl (C=O) groups excluding carboxylic acids is 2. The number of hydrogen-bond acceptors (Lipinski definition) is 4. The van der Waals surface area contributed by atoms with Crippen LogP contribution >= 0.6 is 0 Å². The number of likely N-dealkylation sites (tertiary alicyclic amines) is 1. The molecule has 2 aliphatic rings. The van der Waals surface area contributed by atoms with Crippen molar-refractivity contribution in [3.63, 3.8) is 0 Å². The van der Waals surface area contributed by atoms with Gasteiger partial charge in [-0.2, -0.15) is 0 Å². The Morgan fingerprint density at radius 2 is 1.57 bits per heavy atom. The third-order valence-electron chi connectivity index (χ3n) is 4.57. The van der Waals surface area contributed by atoms with E-state index in [9.17, 15) is 9.59 Å². The van der Waals surface area contributed by atoms with Crippen LogP contribution in [0.2, 0.25) is 0 Å². The standard InChI is InChI=1S/C15H28N4O2/c1-13(15(21)16(2)3)18-8-10-19(11-9-18)14(20)12-17-6-4-5-7-17/h13H,4-12H2,1-3H3/t13-/m1/s1. The van der Waals surface area contributed by atoms with Gasteiger partial charge in [0.2, 0.25) is 11.8 Å². The van der Waals surface area contributed by atoms with E-state index in [1.54, 1.807) is 19.0 Å². The first kappa shape index (κ1) is 16.2. The van der Waals surface area contributed by atoms with Crippen molar-refractivity contribution in [2.24, 2.45) is 0 Å². The fourth-order valence-corrected chi connectivity index (χ4v) is 3.12. The van der Waals surface area contributed by atoms with Crippen molar-refractivity contribution in [1.82, 2.24) is 19.6 Å². The van der Waals surface area contributed by atoms with Crippen LogP contribution in [0.5, 0.6) is 0 Å². The minimum atomic E-state index is -0.101. The molecule has 2 aliphatic heterocycles. The fraction of sp³-hybridized carbons (Fsp3) is 0.867. The summed E-state index contributed by atoms with van der Waals surface area (Å²) in [5.74, 6) is 0.370. The maximum atomic E-state index is 12.3. The molecular formula is C15H28N4O2. The molecule has 0 aromatic heterocycles. The van der Waals surface area contributed by atoms with Crippen LogP contribution in [0, 0.1) is 0 Å². The monoisotopic (exact) mass is 296 g/mol. The summed E-state index contributed by atoms with van der Waals surface area (Å²) >= 11 is 0. The molecule has 21 heavy (non-hydrogen) atoms. The lowest BCUT2D eigenvalue weighted by Gasteiger charge is -2.38. The van der Waals surface area contributed by atoms with E-state index in [2.05, 4.69) is 9.80 Å². The minimum absolute atomic E-state index is 0.101. The summed E-state index contributed by atoms with van der Waals surface area (Å²) < 4.78 is 0. The zero-order valence-electron chi connectivity index (χ0n) is 13.5. The normalized spacial score (nSPS) is 22.3. The topological polar surface area (TPSA) is 47.1 Å². The highest BCUT2D eigenvalue weighted by Gasteiger charge is 2.28. The minimum Gasteiger partial charge on any atom is -0.347 e. The molecule has 2 rings (SSSR count). The molecule has 2 fully saturated rings. The largest absolute Gasteiger partial charge is 0.347 e. The average Bonchev–Trinajstić information content (AvgIpc) is 2.98. The lowest BCUT2D eigenvalue weighted by molar-refractivity contribution is -0.137. The van der Waals surface area contributed by atoms with E-state index in [-0.39, 0.29) is 17.9 Å². The molecule has 0 N–H and O–H groups in total. The molecule has 0 spiro atoms. The number of rotatable bonds is 4. The second-order valence-corrected chi connectivity index (χ2v) is 6.31. The van der Waals surface area contributed by atoms with E-state index < -0.39 is 0 Å². The van der Waals surface area contributed by atoms with E-state index in [1.807, 2.05) is 11.8 Å². The summed E-state index contributed by atoms with van der Waals surface area (Å²) in [6, 6.07) is -0.101. The summed E-state index contributed by atoms with van der Waals surface area (Å²) in [6.07, 6.45) is 2.43. The average molecular weight is 296 g/mol. The van der Waals surface area contributed by atoms with Crippen LogP contribution < -0.4 is 0 Å². The summed E-state index contributed by atoms with van der Waals surface area (Å²) in [7, 11) is 3.57. The van der Waals surface area contributed by atoms with Crippen molar-refractivity contribution in [2.45, 2.75) is 25.8 Å². The van der Waals surface area contributed by atoms with Crippen molar-refractivity contribution in [3.8, 4) is 0 Å². The molecule has 2 amide bonds. The zero-order chi connectivity index (χ0) is 15.4. The van der Waals surface area contributed by atoms with E-state index >= 15 is 0 Å². The molecule has 0 aliphatic carbocycles. The Morgan fingerprint density at radius 1 is 1.00 bits per heavy atom. The maximum absolute atomic E-state index is 12.3. The van der Waals surface area contributed by atoms with Gasteiger partial charge in [0, 0.05) is 40.3 Å². The zero-order valence-corrected chi connectivity index (χ0v) is 13.5. The molecule has 1 atom stereocenters. The van der Waals surface area contributed by atoms with Crippen LogP contribution in [-0.4, -0.2) is 97.4 Å². The Morgan fingerprint density at radius 3 is 2.10 bits per heavy atom. The summed E-state index contributed by atoms with van der Waals surface area (Å²) in [4.78, 5) is 32.2. The molecule has 2 heterocycles. The number of nitrogens with zero attached hydrogens (tertiary/aromatic N) is 4. The van der Waals surface area contributed by atoms with Gasteiger partial charge in [-0.25, -0.2) is 0 Å². The number of amides is 2. The van der Waals surface area contributed by atoms with E-state index in [4.69, 9.17) is 0 Å². The Balaban J connectivity index is 1.77. The Labute approximate surface area is 127 Å². The Bertz CT molecular complexity index is 372. The maximum Gasteiger partial charge on any atom is 0.239 e. The first-order valence-corrected chi connectivity index (χ1v) is 7.94. The van der Waals surface area contributed by atoms with Crippen LogP contribution in [0.25, 0.3) is 0 Å². The molecule has 2 saturated heterocycles. The van der Waals surface area contributed by atoms with Crippen molar-refractivity contribution in [3.05, 3.63) is 0 Å².